The van der Waals surface area contributed by atoms with Gasteiger partial charge in [-0.2, -0.15) is 4.31 Å². The van der Waals surface area contributed by atoms with Crippen LogP contribution in [0, 0.1) is 0 Å². The van der Waals surface area contributed by atoms with Crippen LogP contribution in [0.3, 0.4) is 0 Å². The van der Waals surface area contributed by atoms with E-state index in [-0.39, 0.29) is 33.8 Å². The van der Waals surface area contributed by atoms with Gasteiger partial charge in [-0.05, 0) is 18.2 Å². The van der Waals surface area contributed by atoms with Gasteiger partial charge in [-0.3, -0.25) is 0 Å². The number of benzene rings is 1. The Kier molecular flexibility index (Phi) is 4.37. The van der Waals surface area contributed by atoms with Gasteiger partial charge in [0.15, 0.2) is 9.84 Å². The Bertz CT molecular complexity index is 725. The maximum absolute atomic E-state index is 12.3. The summed E-state index contributed by atoms with van der Waals surface area (Å²) < 4.78 is 49.1. The molecular weight excluding hydrogens is 345 g/mol. The fraction of sp³-hybridized carbons (Fsp3) is 0.455. The highest BCUT2D eigenvalue weighted by Crippen LogP contribution is 2.31. The predicted molar refractivity (Wildman–Crippen MR) is 78.5 cm³/mol. The maximum Gasteiger partial charge on any atom is 0.244 e. The van der Waals surface area contributed by atoms with Crippen LogP contribution in [0.5, 0.6) is 0 Å². The van der Waals surface area contributed by atoms with Gasteiger partial charge < -0.3 is 0 Å². The molecule has 1 aliphatic heterocycles. The molecule has 20 heavy (non-hydrogen) atoms. The Labute approximate surface area is 128 Å². The summed E-state index contributed by atoms with van der Waals surface area (Å²) in [6.07, 6.45) is 0. The first-order valence-corrected chi connectivity index (χ1v) is 9.76. The van der Waals surface area contributed by atoms with Gasteiger partial charge in [0.2, 0.25) is 10.0 Å². The second-order valence-corrected chi connectivity index (χ2v) is 9.79. The molecule has 112 valence electrons. The number of rotatable bonds is 4. The van der Waals surface area contributed by atoms with Crippen LogP contribution in [0.1, 0.15) is 6.92 Å². The minimum absolute atomic E-state index is 0.00345. The third-order valence-corrected chi connectivity index (χ3v) is 7.90. The van der Waals surface area contributed by atoms with E-state index >= 15 is 0 Å². The van der Waals surface area contributed by atoms with Gasteiger partial charge >= 0.3 is 0 Å². The lowest BCUT2D eigenvalue weighted by molar-refractivity contribution is 0.310. The molecule has 0 aromatic heterocycles. The zero-order valence-electron chi connectivity index (χ0n) is 10.6. The van der Waals surface area contributed by atoms with E-state index in [1.807, 2.05) is 0 Å². The molecule has 1 aromatic rings. The first-order chi connectivity index (χ1) is 9.18. The molecular formula is C11H13Cl2NO4S2. The normalized spacial score (nSPS) is 17.9. The van der Waals surface area contributed by atoms with E-state index in [0.29, 0.717) is 0 Å². The molecule has 0 N–H and O–H groups in total. The molecule has 0 spiro atoms. The van der Waals surface area contributed by atoms with Gasteiger partial charge in [0.1, 0.15) is 4.90 Å². The molecule has 9 heteroatoms. The van der Waals surface area contributed by atoms with E-state index in [9.17, 15) is 16.8 Å². The van der Waals surface area contributed by atoms with Crippen LogP contribution in [0.25, 0.3) is 0 Å². The fourth-order valence-corrected chi connectivity index (χ4v) is 5.62. The van der Waals surface area contributed by atoms with E-state index in [1.165, 1.54) is 18.2 Å². The summed E-state index contributed by atoms with van der Waals surface area (Å²) in [4.78, 5) is -0.0981. The van der Waals surface area contributed by atoms with Crippen molar-refractivity contribution in [3.8, 4) is 0 Å². The minimum Gasteiger partial charge on any atom is -0.228 e. The second-order valence-electron chi connectivity index (χ2n) is 4.47. The highest BCUT2D eigenvalue weighted by atomic mass is 35.5. The van der Waals surface area contributed by atoms with E-state index in [4.69, 9.17) is 23.2 Å². The van der Waals surface area contributed by atoms with E-state index in [2.05, 4.69) is 0 Å². The van der Waals surface area contributed by atoms with Gasteiger partial charge in [0.05, 0.1) is 10.3 Å². The van der Waals surface area contributed by atoms with Crippen LogP contribution < -0.4 is 0 Å². The van der Waals surface area contributed by atoms with Crippen molar-refractivity contribution in [2.24, 2.45) is 0 Å². The highest BCUT2D eigenvalue weighted by molar-refractivity contribution is 7.92. The summed E-state index contributed by atoms with van der Waals surface area (Å²) in [6.45, 7) is 1.46. The number of hydrogen-bond acceptors (Lipinski definition) is 4. The van der Waals surface area contributed by atoms with E-state index in [0.717, 1.165) is 4.31 Å². The Hall–Kier alpha value is -0.340. The van der Waals surface area contributed by atoms with Crippen LogP contribution in [0.2, 0.25) is 10.0 Å². The van der Waals surface area contributed by atoms with Crippen LogP contribution in [0.15, 0.2) is 23.1 Å². The van der Waals surface area contributed by atoms with Gasteiger partial charge in [-0.15, -0.1) is 0 Å². The Morgan fingerprint density at radius 2 is 1.80 bits per heavy atom. The van der Waals surface area contributed by atoms with Crippen molar-refractivity contribution in [1.82, 2.24) is 4.31 Å². The van der Waals surface area contributed by atoms with Crippen molar-refractivity contribution < 1.29 is 16.8 Å². The first kappa shape index (κ1) is 16.0. The summed E-state index contributed by atoms with van der Waals surface area (Å²) in [7, 11) is -7.02. The highest BCUT2D eigenvalue weighted by Gasteiger charge is 2.43. The molecule has 5 nitrogen and oxygen atoms in total. The summed E-state index contributed by atoms with van der Waals surface area (Å²) in [6, 6.07) is 4.15. The largest absolute Gasteiger partial charge is 0.244 e. The average Bonchev–Trinajstić information content (AvgIpc) is 2.29. The lowest BCUT2D eigenvalue weighted by atomic mass is 10.3. The van der Waals surface area contributed by atoms with Crippen LogP contribution in [0.4, 0.5) is 0 Å². The van der Waals surface area contributed by atoms with Gasteiger partial charge in [-0.1, -0.05) is 30.1 Å². The van der Waals surface area contributed by atoms with Gasteiger partial charge in [0, 0.05) is 23.9 Å². The smallest absolute Gasteiger partial charge is 0.228 e. The molecule has 1 aliphatic rings. The molecule has 1 fully saturated rings. The molecule has 0 radical (unpaired) electrons. The Morgan fingerprint density at radius 3 is 2.35 bits per heavy atom. The molecule has 0 atom stereocenters. The molecule has 0 amide bonds. The van der Waals surface area contributed by atoms with Crippen molar-refractivity contribution in [2.75, 3.05) is 18.8 Å². The molecule has 1 saturated heterocycles. The van der Waals surface area contributed by atoms with E-state index < -0.39 is 25.1 Å². The third-order valence-electron chi connectivity index (χ3n) is 3.24. The summed E-state index contributed by atoms with van der Waals surface area (Å²) >= 11 is 11.7. The maximum atomic E-state index is 12.3. The topological polar surface area (TPSA) is 71.5 Å². The molecule has 1 aromatic carbocycles. The summed E-state index contributed by atoms with van der Waals surface area (Å²) in [5.74, 6) is 0.00345. The monoisotopic (exact) mass is 357 g/mol. The van der Waals surface area contributed by atoms with Crippen molar-refractivity contribution in [3.63, 3.8) is 0 Å². The summed E-state index contributed by atoms with van der Waals surface area (Å²) in [5.41, 5.74) is 0. The minimum atomic E-state index is -3.80. The molecule has 0 bridgehead atoms. The quantitative estimate of drug-likeness (QED) is 0.823. The molecule has 0 aliphatic carbocycles. The molecule has 0 saturated carbocycles. The van der Waals surface area contributed by atoms with Crippen LogP contribution in [-0.2, 0) is 19.9 Å². The number of sulfonamides is 1. The Morgan fingerprint density at radius 1 is 1.20 bits per heavy atom. The SMILES string of the molecule is CCS(=O)(=O)C1CN(S(=O)(=O)c2cc(Cl)ccc2Cl)C1. The van der Waals surface area contributed by atoms with Crippen molar-refractivity contribution in [3.05, 3.63) is 28.2 Å². The van der Waals surface area contributed by atoms with Gasteiger partial charge in [-0.25, -0.2) is 16.8 Å². The number of hydrogen-bond donors (Lipinski definition) is 0. The lowest BCUT2D eigenvalue weighted by Gasteiger charge is -2.37. The van der Waals surface area contributed by atoms with Crippen molar-refractivity contribution >= 4 is 43.1 Å². The number of sulfone groups is 1. The van der Waals surface area contributed by atoms with Crippen molar-refractivity contribution in [1.29, 1.82) is 0 Å². The fourth-order valence-electron chi connectivity index (χ4n) is 1.87. The van der Waals surface area contributed by atoms with Crippen LogP contribution in [-0.4, -0.2) is 45.2 Å². The lowest BCUT2D eigenvalue weighted by Crippen LogP contribution is -2.57. The Balaban J connectivity index is 2.25. The summed E-state index contributed by atoms with van der Waals surface area (Å²) in [5, 5.41) is -0.317. The van der Waals surface area contributed by atoms with Crippen molar-refractivity contribution in [2.45, 2.75) is 17.1 Å². The zero-order valence-corrected chi connectivity index (χ0v) is 13.7. The number of nitrogens with zero attached hydrogens (tertiary/aromatic N) is 1. The van der Waals surface area contributed by atoms with Crippen LogP contribution >= 0.6 is 23.2 Å². The second kappa shape index (κ2) is 5.46. The average molecular weight is 358 g/mol. The predicted octanol–water partition coefficient (Wildman–Crippen LogP) is 1.80. The molecule has 2 rings (SSSR count). The van der Waals surface area contributed by atoms with Gasteiger partial charge in [0.25, 0.3) is 0 Å². The van der Waals surface area contributed by atoms with E-state index in [1.54, 1.807) is 6.92 Å². The third kappa shape index (κ3) is 2.82. The number of halogens is 2. The zero-order chi connectivity index (χ0) is 15.1. The first-order valence-electron chi connectivity index (χ1n) is 5.85. The molecule has 0 unspecified atom stereocenters. The standard InChI is InChI=1S/C11H13Cl2NO4S2/c1-2-19(15,16)9-6-14(7-9)20(17,18)11-5-8(12)3-4-10(11)13/h3-5,9H,2,6-7H2,1H3. The molecule has 1 heterocycles.